The van der Waals surface area contributed by atoms with Crippen molar-refractivity contribution in [3.63, 3.8) is 0 Å². The summed E-state index contributed by atoms with van der Waals surface area (Å²) in [7, 11) is 1.82. The van der Waals surface area contributed by atoms with Gasteiger partial charge in [-0.1, -0.05) is 23.2 Å². The van der Waals surface area contributed by atoms with Crippen molar-refractivity contribution in [2.45, 2.75) is 0 Å². The van der Waals surface area contributed by atoms with Gasteiger partial charge in [0.15, 0.2) is 0 Å². The molecule has 0 bridgehead atoms. The van der Waals surface area contributed by atoms with Gasteiger partial charge in [0.1, 0.15) is 10.3 Å². The summed E-state index contributed by atoms with van der Waals surface area (Å²) >= 11 is 11.6. The Labute approximate surface area is 103 Å². The minimum Gasteiger partial charge on any atom is -0.312 e. The zero-order valence-electron chi connectivity index (χ0n) is 8.43. The summed E-state index contributed by atoms with van der Waals surface area (Å²) < 4.78 is 0. The molecule has 2 aromatic rings. The van der Waals surface area contributed by atoms with Gasteiger partial charge < -0.3 is 4.90 Å². The van der Waals surface area contributed by atoms with Crippen molar-refractivity contribution in [2.24, 2.45) is 0 Å². The summed E-state index contributed by atoms with van der Waals surface area (Å²) in [4.78, 5) is 13.9. The third-order valence-electron chi connectivity index (χ3n) is 1.99. The molecule has 2 aromatic heterocycles. The Hall–Kier alpha value is -1.39. The molecule has 0 saturated heterocycles. The van der Waals surface area contributed by atoms with E-state index >= 15 is 0 Å². The minimum absolute atomic E-state index is 0.311. The standard InChI is InChI=1S/C10H8Cl2N4/c1-16(7-3-2-4-13-6-7)10-14-8(11)5-9(12)15-10/h2-6H,1H3. The van der Waals surface area contributed by atoms with Crippen LogP contribution in [0.1, 0.15) is 0 Å². The van der Waals surface area contributed by atoms with E-state index in [4.69, 9.17) is 23.2 Å². The van der Waals surface area contributed by atoms with E-state index in [1.807, 2.05) is 19.2 Å². The number of pyridine rings is 1. The molecule has 82 valence electrons. The van der Waals surface area contributed by atoms with Gasteiger partial charge in [0.25, 0.3) is 0 Å². The molecule has 0 radical (unpaired) electrons. The first-order valence-corrected chi connectivity index (χ1v) is 5.26. The maximum Gasteiger partial charge on any atom is 0.232 e. The fourth-order valence-electron chi connectivity index (χ4n) is 1.20. The van der Waals surface area contributed by atoms with Crippen molar-refractivity contribution in [2.75, 3.05) is 11.9 Å². The normalized spacial score (nSPS) is 10.2. The summed E-state index contributed by atoms with van der Waals surface area (Å²) in [6.07, 6.45) is 3.40. The molecule has 0 aromatic carbocycles. The van der Waals surface area contributed by atoms with Gasteiger partial charge in [0.2, 0.25) is 5.95 Å². The van der Waals surface area contributed by atoms with E-state index in [1.165, 1.54) is 6.07 Å². The average molecular weight is 255 g/mol. The quantitative estimate of drug-likeness (QED) is 0.773. The topological polar surface area (TPSA) is 41.9 Å². The predicted molar refractivity (Wildman–Crippen MR) is 64.4 cm³/mol. The highest BCUT2D eigenvalue weighted by atomic mass is 35.5. The van der Waals surface area contributed by atoms with Crippen molar-refractivity contribution in [3.8, 4) is 0 Å². The van der Waals surface area contributed by atoms with Crippen LogP contribution in [0.15, 0.2) is 30.6 Å². The van der Waals surface area contributed by atoms with Crippen LogP contribution in [0.2, 0.25) is 10.3 Å². The SMILES string of the molecule is CN(c1cccnc1)c1nc(Cl)cc(Cl)n1. The third-order valence-corrected chi connectivity index (χ3v) is 2.37. The van der Waals surface area contributed by atoms with E-state index < -0.39 is 0 Å². The molecule has 0 N–H and O–H groups in total. The number of anilines is 2. The Morgan fingerprint density at radius 2 is 1.88 bits per heavy atom. The Kier molecular flexibility index (Phi) is 3.22. The van der Waals surface area contributed by atoms with Gasteiger partial charge in [0, 0.05) is 19.3 Å². The lowest BCUT2D eigenvalue weighted by Gasteiger charge is -2.16. The Bertz CT molecular complexity index is 469. The second-order valence-corrected chi connectivity index (χ2v) is 3.86. The molecule has 0 aliphatic rings. The molecule has 0 saturated carbocycles. The van der Waals surface area contributed by atoms with Crippen molar-refractivity contribution in [1.82, 2.24) is 15.0 Å². The highest BCUT2D eigenvalue weighted by Gasteiger charge is 2.08. The summed E-state index contributed by atoms with van der Waals surface area (Å²) in [5.41, 5.74) is 0.862. The molecule has 2 heterocycles. The molecule has 0 unspecified atom stereocenters. The monoisotopic (exact) mass is 254 g/mol. The number of hydrogen-bond donors (Lipinski definition) is 0. The van der Waals surface area contributed by atoms with Crippen molar-refractivity contribution in [3.05, 3.63) is 40.9 Å². The summed E-state index contributed by atoms with van der Waals surface area (Å²) in [6.45, 7) is 0. The van der Waals surface area contributed by atoms with Crippen LogP contribution in [0, 0.1) is 0 Å². The van der Waals surface area contributed by atoms with Crippen LogP contribution in [0.3, 0.4) is 0 Å². The molecule has 6 heteroatoms. The molecule has 0 fully saturated rings. The van der Waals surface area contributed by atoms with Gasteiger partial charge in [-0.15, -0.1) is 0 Å². The van der Waals surface area contributed by atoms with Gasteiger partial charge in [0.05, 0.1) is 11.9 Å². The lowest BCUT2D eigenvalue weighted by Crippen LogP contribution is -2.13. The zero-order valence-corrected chi connectivity index (χ0v) is 9.94. The lowest BCUT2D eigenvalue weighted by molar-refractivity contribution is 1.04. The molecule has 2 rings (SSSR count). The van der Waals surface area contributed by atoms with Crippen LogP contribution in [0.25, 0.3) is 0 Å². The Morgan fingerprint density at radius 1 is 1.19 bits per heavy atom. The Morgan fingerprint density at radius 3 is 2.44 bits per heavy atom. The Balaban J connectivity index is 2.37. The second kappa shape index (κ2) is 4.63. The molecule has 0 amide bonds. The molecular weight excluding hydrogens is 247 g/mol. The van der Waals surface area contributed by atoms with Crippen molar-refractivity contribution >= 4 is 34.8 Å². The first-order valence-electron chi connectivity index (χ1n) is 4.50. The number of nitrogens with zero attached hydrogens (tertiary/aromatic N) is 4. The fourth-order valence-corrected chi connectivity index (χ4v) is 1.61. The summed E-state index contributed by atoms with van der Waals surface area (Å²) in [6, 6.07) is 5.22. The lowest BCUT2D eigenvalue weighted by atomic mass is 10.4. The highest BCUT2D eigenvalue weighted by molar-refractivity contribution is 6.33. The summed E-state index contributed by atoms with van der Waals surface area (Å²) in [5, 5.41) is 0.622. The van der Waals surface area contributed by atoms with Crippen molar-refractivity contribution in [1.29, 1.82) is 0 Å². The van der Waals surface area contributed by atoms with Crippen LogP contribution >= 0.6 is 23.2 Å². The van der Waals surface area contributed by atoms with Crippen LogP contribution in [0.4, 0.5) is 11.6 Å². The first-order chi connectivity index (χ1) is 7.66. The van der Waals surface area contributed by atoms with Crippen LogP contribution in [0.5, 0.6) is 0 Å². The van der Waals surface area contributed by atoms with Crippen LogP contribution in [-0.2, 0) is 0 Å². The number of aromatic nitrogens is 3. The van der Waals surface area contributed by atoms with Gasteiger partial charge >= 0.3 is 0 Å². The summed E-state index contributed by atoms with van der Waals surface area (Å²) in [5.74, 6) is 0.436. The largest absolute Gasteiger partial charge is 0.312 e. The predicted octanol–water partition coefficient (Wildman–Crippen LogP) is 2.95. The number of hydrogen-bond acceptors (Lipinski definition) is 4. The molecule has 0 spiro atoms. The van der Waals surface area contributed by atoms with Gasteiger partial charge in [-0.2, -0.15) is 0 Å². The minimum atomic E-state index is 0.311. The maximum atomic E-state index is 5.80. The molecule has 0 aliphatic heterocycles. The smallest absolute Gasteiger partial charge is 0.232 e. The van der Waals surface area contributed by atoms with E-state index in [-0.39, 0.29) is 0 Å². The zero-order chi connectivity index (χ0) is 11.5. The van der Waals surface area contributed by atoms with Gasteiger partial charge in [-0.05, 0) is 12.1 Å². The fraction of sp³-hybridized carbons (Fsp3) is 0.100. The number of rotatable bonds is 2. The third kappa shape index (κ3) is 2.40. The van der Waals surface area contributed by atoms with Crippen LogP contribution < -0.4 is 4.90 Å². The highest BCUT2D eigenvalue weighted by Crippen LogP contribution is 2.22. The van der Waals surface area contributed by atoms with Gasteiger partial charge in [-0.3, -0.25) is 4.98 Å². The van der Waals surface area contributed by atoms with E-state index in [0.717, 1.165) is 5.69 Å². The number of halogens is 2. The van der Waals surface area contributed by atoms with E-state index in [1.54, 1.807) is 17.3 Å². The molecule has 4 nitrogen and oxygen atoms in total. The van der Waals surface area contributed by atoms with Crippen LogP contribution in [-0.4, -0.2) is 22.0 Å². The molecule has 0 aliphatic carbocycles. The molecular formula is C10H8Cl2N4. The van der Waals surface area contributed by atoms with E-state index in [0.29, 0.717) is 16.3 Å². The first kappa shape index (κ1) is 11.1. The maximum absolute atomic E-state index is 5.80. The van der Waals surface area contributed by atoms with Crippen molar-refractivity contribution < 1.29 is 0 Å². The van der Waals surface area contributed by atoms with E-state index in [2.05, 4.69) is 15.0 Å². The van der Waals surface area contributed by atoms with E-state index in [9.17, 15) is 0 Å². The van der Waals surface area contributed by atoms with Gasteiger partial charge in [-0.25, -0.2) is 9.97 Å². The molecule has 0 atom stereocenters. The molecule has 16 heavy (non-hydrogen) atoms. The second-order valence-electron chi connectivity index (χ2n) is 3.08. The average Bonchev–Trinajstić information content (AvgIpc) is 2.28.